The molecule has 0 bridgehead atoms. The summed E-state index contributed by atoms with van der Waals surface area (Å²) in [5.41, 5.74) is 0.907. The maximum Gasteiger partial charge on any atom is 0.0621 e. The van der Waals surface area contributed by atoms with Gasteiger partial charge < -0.3 is 10.2 Å². The number of halogens is 1. The highest BCUT2D eigenvalue weighted by molar-refractivity contribution is 6.31. The molecule has 0 aliphatic rings. The van der Waals surface area contributed by atoms with E-state index in [1.165, 1.54) is 0 Å². The predicted molar refractivity (Wildman–Crippen MR) is 50.6 cm³/mol. The largest absolute Gasteiger partial charge is 0.396 e. The quantitative estimate of drug-likeness (QED) is 0.761. The molecule has 0 radical (unpaired) electrons. The van der Waals surface area contributed by atoms with Gasteiger partial charge in [0, 0.05) is 31.5 Å². The maximum atomic E-state index is 8.86. The van der Waals surface area contributed by atoms with Gasteiger partial charge in [-0.05, 0) is 18.1 Å². The molecule has 1 aromatic heterocycles. The number of aliphatic hydroxyl groups excluding tert-OH is 2. The number of aliphatic hydroxyl groups is 2. The van der Waals surface area contributed by atoms with Crippen LogP contribution in [0.4, 0.5) is 0 Å². The molecule has 0 aromatic carbocycles. The zero-order valence-corrected chi connectivity index (χ0v) is 7.91. The lowest BCUT2D eigenvalue weighted by molar-refractivity contribution is 0.150. The van der Waals surface area contributed by atoms with Gasteiger partial charge in [0.15, 0.2) is 0 Å². The first-order valence-corrected chi connectivity index (χ1v) is 4.45. The summed E-state index contributed by atoms with van der Waals surface area (Å²) in [6, 6.07) is 1.79. The molecular formula is C9H12ClNO2. The van der Waals surface area contributed by atoms with E-state index in [9.17, 15) is 0 Å². The third kappa shape index (κ3) is 2.95. The molecule has 0 aliphatic carbocycles. The van der Waals surface area contributed by atoms with Crippen LogP contribution < -0.4 is 0 Å². The van der Waals surface area contributed by atoms with Gasteiger partial charge in [-0.15, -0.1) is 0 Å². The van der Waals surface area contributed by atoms with E-state index < -0.39 is 0 Å². The van der Waals surface area contributed by atoms with Gasteiger partial charge in [0.05, 0.1) is 5.02 Å². The van der Waals surface area contributed by atoms with Crippen molar-refractivity contribution in [3.8, 4) is 0 Å². The standard InChI is InChI=1S/C9H12ClNO2/c10-9-4-11-2-1-8(9)3-7(5-12)6-13/h1-2,4,7,12-13H,3,5-6H2. The molecule has 72 valence electrons. The van der Waals surface area contributed by atoms with Crippen LogP contribution in [0.3, 0.4) is 0 Å². The number of hydrogen-bond acceptors (Lipinski definition) is 3. The average Bonchev–Trinajstić information content (AvgIpc) is 2.17. The highest BCUT2D eigenvalue weighted by Gasteiger charge is 2.09. The van der Waals surface area contributed by atoms with Gasteiger partial charge in [-0.3, -0.25) is 4.98 Å². The highest BCUT2D eigenvalue weighted by Crippen LogP contribution is 2.17. The molecule has 0 fully saturated rings. The molecule has 13 heavy (non-hydrogen) atoms. The molecule has 0 spiro atoms. The van der Waals surface area contributed by atoms with E-state index in [1.54, 1.807) is 18.5 Å². The molecule has 2 N–H and O–H groups in total. The molecule has 1 rings (SSSR count). The molecule has 3 nitrogen and oxygen atoms in total. The van der Waals surface area contributed by atoms with Crippen molar-refractivity contribution in [2.45, 2.75) is 6.42 Å². The van der Waals surface area contributed by atoms with Crippen molar-refractivity contribution in [1.82, 2.24) is 4.98 Å². The lowest BCUT2D eigenvalue weighted by Crippen LogP contribution is -2.14. The normalized spacial score (nSPS) is 10.8. The van der Waals surface area contributed by atoms with Crippen molar-refractivity contribution in [1.29, 1.82) is 0 Å². The summed E-state index contributed by atoms with van der Waals surface area (Å²) in [4.78, 5) is 3.85. The van der Waals surface area contributed by atoms with Crippen LogP contribution in [0.2, 0.25) is 5.02 Å². The highest BCUT2D eigenvalue weighted by atomic mass is 35.5. The second-order valence-corrected chi connectivity index (χ2v) is 3.31. The smallest absolute Gasteiger partial charge is 0.0621 e. The maximum absolute atomic E-state index is 8.86. The molecule has 0 amide bonds. The van der Waals surface area contributed by atoms with Gasteiger partial charge in [-0.25, -0.2) is 0 Å². The van der Waals surface area contributed by atoms with Crippen LogP contribution in [0, 0.1) is 5.92 Å². The van der Waals surface area contributed by atoms with E-state index in [0.717, 1.165) is 5.56 Å². The lowest BCUT2D eigenvalue weighted by Gasteiger charge is -2.11. The molecule has 1 aromatic rings. The van der Waals surface area contributed by atoms with Gasteiger partial charge in [0.25, 0.3) is 0 Å². The van der Waals surface area contributed by atoms with Gasteiger partial charge in [0.2, 0.25) is 0 Å². The first kappa shape index (κ1) is 10.4. The number of aromatic nitrogens is 1. The van der Waals surface area contributed by atoms with E-state index >= 15 is 0 Å². The SMILES string of the molecule is OCC(CO)Cc1ccncc1Cl. The Labute approximate surface area is 82.0 Å². The second kappa shape index (κ2) is 5.17. The molecule has 4 heteroatoms. The molecule has 0 aliphatic heterocycles. The van der Waals surface area contributed by atoms with Crippen LogP contribution >= 0.6 is 11.6 Å². The molecule has 0 saturated heterocycles. The third-order valence-electron chi connectivity index (χ3n) is 1.88. The molecule has 0 saturated carbocycles. The number of rotatable bonds is 4. The van der Waals surface area contributed by atoms with Gasteiger partial charge >= 0.3 is 0 Å². The second-order valence-electron chi connectivity index (χ2n) is 2.90. The monoisotopic (exact) mass is 201 g/mol. The fourth-order valence-corrected chi connectivity index (χ4v) is 1.26. The minimum absolute atomic E-state index is 0.0326. The van der Waals surface area contributed by atoms with Crippen molar-refractivity contribution in [2.75, 3.05) is 13.2 Å². The van der Waals surface area contributed by atoms with Gasteiger partial charge in [-0.1, -0.05) is 11.6 Å². The molecule has 0 unspecified atom stereocenters. The Kier molecular flexibility index (Phi) is 4.15. The first-order valence-electron chi connectivity index (χ1n) is 4.08. The Hall–Kier alpha value is -0.640. The van der Waals surface area contributed by atoms with Crippen LogP contribution in [-0.2, 0) is 6.42 Å². The Bertz CT molecular complexity index is 264. The minimum Gasteiger partial charge on any atom is -0.396 e. The first-order chi connectivity index (χ1) is 6.27. The van der Waals surface area contributed by atoms with E-state index in [0.29, 0.717) is 11.4 Å². The zero-order valence-electron chi connectivity index (χ0n) is 7.15. The molecule has 1 heterocycles. The van der Waals surface area contributed by atoms with Gasteiger partial charge in [-0.2, -0.15) is 0 Å². The van der Waals surface area contributed by atoms with Crippen molar-refractivity contribution >= 4 is 11.6 Å². The molecule has 0 atom stereocenters. The van der Waals surface area contributed by atoms with Gasteiger partial charge in [0.1, 0.15) is 0 Å². The number of nitrogens with zero attached hydrogens (tertiary/aromatic N) is 1. The molecular weight excluding hydrogens is 190 g/mol. The van der Waals surface area contributed by atoms with Crippen LogP contribution in [0.15, 0.2) is 18.5 Å². The summed E-state index contributed by atoms with van der Waals surface area (Å²) in [5.74, 6) is -0.139. The fraction of sp³-hybridized carbons (Fsp3) is 0.444. The van der Waals surface area contributed by atoms with E-state index in [1.807, 2.05) is 0 Å². The summed E-state index contributed by atoms with van der Waals surface area (Å²) < 4.78 is 0. The van der Waals surface area contributed by atoms with Crippen LogP contribution in [0.25, 0.3) is 0 Å². The predicted octanol–water partition coefficient (Wildman–Crippen LogP) is 0.878. The number of hydrogen-bond donors (Lipinski definition) is 2. The van der Waals surface area contributed by atoms with Crippen LogP contribution in [-0.4, -0.2) is 28.4 Å². The summed E-state index contributed by atoms with van der Waals surface area (Å²) >= 11 is 5.86. The van der Waals surface area contributed by atoms with Crippen molar-refractivity contribution < 1.29 is 10.2 Å². The van der Waals surface area contributed by atoms with Crippen molar-refractivity contribution in [2.24, 2.45) is 5.92 Å². The Balaban J connectivity index is 2.67. The van der Waals surface area contributed by atoms with E-state index in [2.05, 4.69) is 4.98 Å². The van der Waals surface area contributed by atoms with Crippen LogP contribution in [0.1, 0.15) is 5.56 Å². The average molecular weight is 202 g/mol. The topological polar surface area (TPSA) is 53.4 Å². The summed E-state index contributed by atoms with van der Waals surface area (Å²) in [6.45, 7) is -0.0652. The zero-order chi connectivity index (χ0) is 9.68. The number of pyridine rings is 1. The van der Waals surface area contributed by atoms with E-state index in [4.69, 9.17) is 21.8 Å². The fourth-order valence-electron chi connectivity index (χ4n) is 1.07. The Morgan fingerprint density at radius 1 is 1.38 bits per heavy atom. The Morgan fingerprint density at radius 2 is 2.08 bits per heavy atom. The summed E-state index contributed by atoms with van der Waals surface area (Å²) in [7, 11) is 0. The summed E-state index contributed by atoms with van der Waals surface area (Å²) in [5, 5.41) is 18.3. The van der Waals surface area contributed by atoms with Crippen LogP contribution in [0.5, 0.6) is 0 Å². The van der Waals surface area contributed by atoms with Crippen molar-refractivity contribution in [3.05, 3.63) is 29.0 Å². The van der Waals surface area contributed by atoms with Crippen molar-refractivity contribution in [3.63, 3.8) is 0 Å². The van der Waals surface area contributed by atoms with E-state index in [-0.39, 0.29) is 19.1 Å². The third-order valence-corrected chi connectivity index (χ3v) is 2.22. The Morgan fingerprint density at radius 3 is 2.62 bits per heavy atom. The minimum atomic E-state index is -0.139. The lowest BCUT2D eigenvalue weighted by atomic mass is 10.0. The summed E-state index contributed by atoms with van der Waals surface area (Å²) in [6.07, 6.45) is 3.78.